The van der Waals surface area contributed by atoms with E-state index in [2.05, 4.69) is 0 Å². The van der Waals surface area contributed by atoms with Gasteiger partial charge in [0, 0.05) is 5.56 Å². The summed E-state index contributed by atoms with van der Waals surface area (Å²) in [5.74, 6) is -0.336. The van der Waals surface area contributed by atoms with Crippen molar-refractivity contribution in [3.8, 4) is 0 Å². The van der Waals surface area contributed by atoms with E-state index in [0.717, 1.165) is 17.6 Å². The Bertz CT molecular complexity index is 865. The molecular formula is C19H18O4S. The van der Waals surface area contributed by atoms with Crippen LogP contribution in [-0.2, 0) is 14.3 Å². The van der Waals surface area contributed by atoms with Crippen molar-refractivity contribution in [2.45, 2.75) is 30.8 Å². The number of Topliss-reactive ketones (excluding diaryl/α,β-unsaturated/α-hetero) is 1. The molecule has 0 saturated carbocycles. The standard InChI is InChI=1S/C19H18O4S/c1-14-10-12-17(13-11-14)24(21,22)23-19(16-8-5-9-16)18(20)15-6-3-2-4-7-15/h2-4,6-8,10-13,19H,5,9H2,1H3. The predicted octanol–water partition coefficient (Wildman–Crippen LogP) is 3.67. The van der Waals surface area contributed by atoms with Crippen molar-refractivity contribution in [1.82, 2.24) is 0 Å². The summed E-state index contributed by atoms with van der Waals surface area (Å²) in [7, 11) is -4.01. The molecule has 2 aromatic rings. The van der Waals surface area contributed by atoms with Gasteiger partial charge >= 0.3 is 0 Å². The van der Waals surface area contributed by atoms with Gasteiger partial charge < -0.3 is 0 Å². The van der Waals surface area contributed by atoms with Crippen LogP contribution in [0.4, 0.5) is 0 Å². The van der Waals surface area contributed by atoms with E-state index in [9.17, 15) is 13.2 Å². The summed E-state index contributed by atoms with van der Waals surface area (Å²) in [5, 5.41) is 0. The van der Waals surface area contributed by atoms with E-state index < -0.39 is 16.2 Å². The van der Waals surface area contributed by atoms with Crippen molar-refractivity contribution in [2.24, 2.45) is 0 Å². The number of allylic oxidation sites excluding steroid dienone is 1. The highest BCUT2D eigenvalue weighted by atomic mass is 32.2. The largest absolute Gasteiger partial charge is 0.297 e. The summed E-state index contributed by atoms with van der Waals surface area (Å²) >= 11 is 0. The van der Waals surface area contributed by atoms with Gasteiger partial charge in [-0.15, -0.1) is 0 Å². The fourth-order valence-electron chi connectivity index (χ4n) is 2.46. The highest BCUT2D eigenvalue weighted by molar-refractivity contribution is 7.86. The number of hydrogen-bond donors (Lipinski definition) is 0. The third kappa shape index (κ3) is 3.47. The maximum absolute atomic E-state index is 12.7. The van der Waals surface area contributed by atoms with Crippen molar-refractivity contribution >= 4 is 15.9 Å². The average molecular weight is 342 g/mol. The molecule has 5 heteroatoms. The molecule has 0 amide bonds. The number of rotatable bonds is 6. The third-order valence-corrected chi connectivity index (χ3v) is 5.30. The molecule has 0 fully saturated rings. The molecule has 0 heterocycles. The number of benzene rings is 2. The lowest BCUT2D eigenvalue weighted by molar-refractivity contribution is 0.0837. The Hall–Kier alpha value is -2.24. The second-order valence-electron chi connectivity index (χ2n) is 5.79. The molecule has 4 nitrogen and oxygen atoms in total. The first-order valence-electron chi connectivity index (χ1n) is 7.75. The molecule has 0 bridgehead atoms. The number of ketones is 1. The van der Waals surface area contributed by atoms with Crippen molar-refractivity contribution in [1.29, 1.82) is 0 Å². The predicted molar refractivity (Wildman–Crippen MR) is 91.3 cm³/mol. The van der Waals surface area contributed by atoms with Gasteiger partial charge in [-0.05, 0) is 37.5 Å². The Morgan fingerprint density at radius 3 is 2.21 bits per heavy atom. The molecule has 0 radical (unpaired) electrons. The van der Waals surface area contributed by atoms with Gasteiger partial charge in [-0.3, -0.25) is 8.98 Å². The lowest BCUT2D eigenvalue weighted by Gasteiger charge is -2.24. The van der Waals surface area contributed by atoms with E-state index in [-0.39, 0.29) is 10.7 Å². The second-order valence-corrected chi connectivity index (χ2v) is 7.36. The Balaban J connectivity index is 1.90. The maximum Gasteiger partial charge on any atom is 0.297 e. The van der Waals surface area contributed by atoms with E-state index in [1.165, 1.54) is 12.1 Å². The van der Waals surface area contributed by atoms with Gasteiger partial charge in [0.2, 0.25) is 0 Å². The fourth-order valence-corrected chi connectivity index (χ4v) is 3.51. The van der Waals surface area contributed by atoms with E-state index in [4.69, 9.17) is 4.18 Å². The van der Waals surface area contributed by atoms with Crippen LogP contribution in [0.1, 0.15) is 28.8 Å². The summed E-state index contributed by atoms with van der Waals surface area (Å²) in [6, 6.07) is 15.0. The van der Waals surface area contributed by atoms with Gasteiger partial charge in [0.25, 0.3) is 10.1 Å². The smallest absolute Gasteiger partial charge is 0.291 e. The Kier molecular flexibility index (Phi) is 4.64. The zero-order valence-electron chi connectivity index (χ0n) is 13.3. The summed E-state index contributed by atoms with van der Waals surface area (Å²) in [6.07, 6.45) is 2.28. The van der Waals surface area contributed by atoms with Crippen LogP contribution in [0, 0.1) is 6.92 Å². The number of carbonyl (C=O) groups excluding carboxylic acids is 1. The van der Waals surface area contributed by atoms with Crippen molar-refractivity contribution in [2.75, 3.05) is 0 Å². The fraction of sp³-hybridized carbons (Fsp3) is 0.211. The van der Waals surface area contributed by atoms with E-state index in [1.807, 2.05) is 13.0 Å². The SMILES string of the molecule is Cc1ccc(S(=O)(=O)OC(C(=O)c2ccccc2)C2=CCC2)cc1. The molecule has 124 valence electrons. The lowest BCUT2D eigenvalue weighted by Crippen LogP contribution is -2.31. The summed E-state index contributed by atoms with van der Waals surface area (Å²) < 4.78 is 30.4. The van der Waals surface area contributed by atoms with Gasteiger partial charge in [-0.25, -0.2) is 0 Å². The second kappa shape index (κ2) is 6.71. The van der Waals surface area contributed by atoms with Crippen LogP contribution in [0.5, 0.6) is 0 Å². The van der Waals surface area contributed by atoms with Crippen LogP contribution >= 0.6 is 0 Å². The van der Waals surface area contributed by atoms with Gasteiger partial charge in [0.1, 0.15) is 0 Å². The van der Waals surface area contributed by atoms with Crippen molar-refractivity contribution < 1.29 is 17.4 Å². The quantitative estimate of drug-likeness (QED) is 0.456. The van der Waals surface area contributed by atoms with Crippen LogP contribution in [0.25, 0.3) is 0 Å². The van der Waals surface area contributed by atoms with E-state index in [0.29, 0.717) is 12.0 Å². The number of hydrogen-bond acceptors (Lipinski definition) is 4. The molecule has 2 aromatic carbocycles. The highest BCUT2D eigenvalue weighted by Crippen LogP contribution is 2.29. The highest BCUT2D eigenvalue weighted by Gasteiger charge is 2.32. The van der Waals surface area contributed by atoms with Gasteiger partial charge in [0.05, 0.1) is 4.90 Å². The van der Waals surface area contributed by atoms with Crippen LogP contribution in [0.2, 0.25) is 0 Å². The molecule has 3 rings (SSSR count). The monoisotopic (exact) mass is 342 g/mol. The molecule has 24 heavy (non-hydrogen) atoms. The molecule has 0 aliphatic heterocycles. The molecular weight excluding hydrogens is 324 g/mol. The first kappa shape index (κ1) is 16.6. The Morgan fingerprint density at radius 2 is 1.67 bits per heavy atom. The van der Waals surface area contributed by atoms with Gasteiger partial charge in [-0.2, -0.15) is 8.42 Å². The molecule has 0 saturated heterocycles. The molecule has 0 spiro atoms. The molecule has 1 aliphatic rings. The lowest BCUT2D eigenvalue weighted by atomic mass is 9.89. The number of carbonyl (C=O) groups is 1. The first-order valence-corrected chi connectivity index (χ1v) is 9.16. The minimum Gasteiger partial charge on any atom is -0.291 e. The molecule has 1 atom stereocenters. The first-order chi connectivity index (χ1) is 11.5. The van der Waals surface area contributed by atoms with Gasteiger partial charge in [0.15, 0.2) is 11.9 Å². The summed E-state index contributed by atoms with van der Waals surface area (Å²) in [5.41, 5.74) is 2.11. The maximum atomic E-state index is 12.7. The third-order valence-electron chi connectivity index (χ3n) is 4.01. The zero-order valence-corrected chi connectivity index (χ0v) is 14.1. The Labute approximate surface area is 141 Å². The Morgan fingerprint density at radius 1 is 1.04 bits per heavy atom. The normalized spacial score (nSPS) is 15.3. The molecule has 1 aliphatic carbocycles. The zero-order chi connectivity index (χ0) is 17.2. The van der Waals surface area contributed by atoms with E-state index in [1.54, 1.807) is 42.5 Å². The van der Waals surface area contributed by atoms with Crippen LogP contribution in [-0.4, -0.2) is 20.3 Å². The summed E-state index contributed by atoms with van der Waals surface area (Å²) in [6.45, 7) is 1.87. The van der Waals surface area contributed by atoms with Crippen molar-refractivity contribution in [3.05, 3.63) is 77.4 Å². The van der Waals surface area contributed by atoms with Crippen LogP contribution in [0.15, 0.2) is 71.1 Å². The minimum atomic E-state index is -4.01. The molecule has 1 unspecified atom stereocenters. The van der Waals surface area contributed by atoms with Crippen LogP contribution in [0.3, 0.4) is 0 Å². The summed E-state index contributed by atoms with van der Waals surface area (Å²) in [4.78, 5) is 12.8. The molecule has 0 aromatic heterocycles. The molecule has 0 N–H and O–H groups in total. The van der Waals surface area contributed by atoms with Crippen LogP contribution < -0.4 is 0 Å². The number of aryl methyl sites for hydroxylation is 1. The van der Waals surface area contributed by atoms with Gasteiger partial charge in [-0.1, -0.05) is 54.1 Å². The topological polar surface area (TPSA) is 60.4 Å². The minimum absolute atomic E-state index is 0.0545. The van der Waals surface area contributed by atoms with E-state index >= 15 is 0 Å². The van der Waals surface area contributed by atoms with Crippen molar-refractivity contribution in [3.63, 3.8) is 0 Å². The average Bonchev–Trinajstić information content (AvgIpc) is 2.53.